The molecule has 0 bridgehead atoms. The van der Waals surface area contributed by atoms with Crippen molar-refractivity contribution < 1.29 is 24.8 Å². The van der Waals surface area contributed by atoms with Crippen molar-refractivity contribution in [2.24, 2.45) is 0 Å². The highest BCUT2D eigenvalue weighted by Crippen LogP contribution is 2.13. The molecule has 0 saturated carbocycles. The molecule has 3 N–H and O–H groups in total. The van der Waals surface area contributed by atoms with Crippen LogP contribution in [0.4, 0.5) is 0 Å². The van der Waals surface area contributed by atoms with Crippen LogP contribution < -0.4 is 0 Å². The molecule has 2 atom stereocenters. The van der Waals surface area contributed by atoms with Crippen molar-refractivity contribution in [1.29, 1.82) is 0 Å². The molecule has 0 fully saturated rings. The van der Waals surface area contributed by atoms with Gasteiger partial charge in [-0.2, -0.15) is 0 Å². The summed E-state index contributed by atoms with van der Waals surface area (Å²) >= 11 is 0. The summed E-state index contributed by atoms with van der Waals surface area (Å²) in [7, 11) is 0. The molecule has 0 aromatic heterocycles. The van der Waals surface area contributed by atoms with E-state index in [0.29, 0.717) is 0 Å². The summed E-state index contributed by atoms with van der Waals surface area (Å²) in [4.78, 5) is 0. The lowest BCUT2D eigenvalue weighted by Gasteiger charge is -2.16. The molecule has 0 rings (SSSR count). The first-order valence-corrected chi connectivity index (χ1v) is 15.8. The van der Waals surface area contributed by atoms with E-state index in [1.54, 1.807) is 0 Å². The Labute approximate surface area is 224 Å². The van der Waals surface area contributed by atoms with Crippen molar-refractivity contribution in [3.05, 3.63) is 0 Å². The summed E-state index contributed by atoms with van der Waals surface area (Å²) in [5.41, 5.74) is 0. The van der Waals surface area contributed by atoms with Crippen LogP contribution in [-0.4, -0.2) is 60.1 Å². The number of hydrogen-bond donors (Lipinski definition) is 3. The highest BCUT2D eigenvalue weighted by Gasteiger charge is 2.10. The van der Waals surface area contributed by atoms with Gasteiger partial charge in [0.2, 0.25) is 0 Å². The average Bonchev–Trinajstić information content (AvgIpc) is 2.86. The van der Waals surface area contributed by atoms with Crippen LogP contribution in [0.1, 0.15) is 155 Å². The van der Waals surface area contributed by atoms with Crippen LogP contribution in [0.15, 0.2) is 0 Å². The largest absolute Gasteiger partial charge is 0.391 e. The van der Waals surface area contributed by atoms with Crippen molar-refractivity contribution >= 4 is 0 Å². The SMILES string of the molecule is CCCCCCCCCCCCC(O)COCC(O)COCC(O)CCCCCCCCCCCC. The zero-order valence-corrected chi connectivity index (χ0v) is 24.3. The van der Waals surface area contributed by atoms with Gasteiger partial charge >= 0.3 is 0 Å². The Morgan fingerprint density at radius 3 is 0.917 bits per heavy atom. The van der Waals surface area contributed by atoms with Crippen molar-refractivity contribution in [3.63, 3.8) is 0 Å². The molecule has 0 aromatic carbocycles. The molecule has 0 radical (unpaired) electrons. The van der Waals surface area contributed by atoms with Crippen LogP contribution in [0.5, 0.6) is 0 Å². The second kappa shape index (κ2) is 29.4. The monoisotopic (exact) mass is 516 g/mol. The van der Waals surface area contributed by atoms with Crippen LogP contribution in [-0.2, 0) is 9.47 Å². The van der Waals surface area contributed by atoms with Crippen molar-refractivity contribution in [1.82, 2.24) is 0 Å². The molecule has 5 heteroatoms. The van der Waals surface area contributed by atoms with E-state index in [2.05, 4.69) is 13.8 Å². The van der Waals surface area contributed by atoms with Crippen molar-refractivity contribution in [2.75, 3.05) is 26.4 Å². The number of hydrogen-bond acceptors (Lipinski definition) is 5. The Hall–Kier alpha value is -0.200. The van der Waals surface area contributed by atoms with E-state index in [1.807, 2.05) is 0 Å². The third-order valence-corrected chi connectivity index (χ3v) is 7.02. The number of aliphatic hydroxyl groups excluding tert-OH is 3. The summed E-state index contributed by atoms with van der Waals surface area (Å²) in [6, 6.07) is 0. The molecule has 0 aromatic rings. The molecule has 0 spiro atoms. The molecule has 0 aliphatic carbocycles. The van der Waals surface area contributed by atoms with Crippen molar-refractivity contribution in [2.45, 2.75) is 173 Å². The Bertz CT molecular complexity index is 370. The third kappa shape index (κ3) is 28.4. The first kappa shape index (κ1) is 35.8. The van der Waals surface area contributed by atoms with Gasteiger partial charge in [0.05, 0.1) is 38.6 Å². The maximum atomic E-state index is 10.1. The maximum absolute atomic E-state index is 10.1. The fourth-order valence-electron chi connectivity index (χ4n) is 4.63. The summed E-state index contributed by atoms with van der Waals surface area (Å²) in [6.07, 6.45) is 25.6. The minimum atomic E-state index is -0.723. The predicted molar refractivity (Wildman–Crippen MR) is 153 cm³/mol. The van der Waals surface area contributed by atoms with Gasteiger partial charge in [-0.15, -0.1) is 0 Å². The van der Waals surface area contributed by atoms with Gasteiger partial charge in [-0.1, -0.05) is 142 Å². The van der Waals surface area contributed by atoms with Crippen molar-refractivity contribution in [3.8, 4) is 0 Å². The molecule has 2 unspecified atom stereocenters. The second-order valence-corrected chi connectivity index (χ2v) is 11.0. The normalized spacial score (nSPS) is 14.2. The fraction of sp³-hybridized carbons (Fsp3) is 1.00. The zero-order valence-electron chi connectivity index (χ0n) is 24.3. The van der Waals surface area contributed by atoms with Gasteiger partial charge < -0.3 is 24.8 Å². The Balaban J connectivity index is 3.39. The smallest absolute Gasteiger partial charge is 0.101 e. The van der Waals surface area contributed by atoms with Gasteiger partial charge in [-0.25, -0.2) is 0 Å². The first-order valence-electron chi connectivity index (χ1n) is 15.8. The summed E-state index contributed by atoms with van der Waals surface area (Å²) in [5, 5.41) is 30.1. The van der Waals surface area contributed by atoms with E-state index in [1.165, 1.54) is 116 Å². The summed E-state index contributed by atoms with van der Waals surface area (Å²) < 4.78 is 10.9. The molecule has 0 heterocycles. The molecule has 0 aliphatic heterocycles. The number of aliphatic hydroxyl groups is 3. The standard InChI is InChI=1S/C31H64O5/c1-3-5-7-9-11-13-15-17-19-21-23-29(32)25-35-27-31(34)28-36-26-30(33)24-22-20-18-16-14-12-10-8-6-4-2/h29-34H,3-28H2,1-2H3. The van der Waals surface area contributed by atoms with Crippen LogP contribution in [0.3, 0.4) is 0 Å². The van der Waals surface area contributed by atoms with E-state index in [4.69, 9.17) is 9.47 Å². The Morgan fingerprint density at radius 1 is 0.361 bits per heavy atom. The van der Waals surface area contributed by atoms with Crippen LogP contribution in [0, 0.1) is 0 Å². The van der Waals surface area contributed by atoms with Crippen LogP contribution >= 0.6 is 0 Å². The third-order valence-electron chi connectivity index (χ3n) is 7.02. The van der Waals surface area contributed by atoms with Gasteiger partial charge in [0, 0.05) is 0 Å². The molecule has 0 amide bonds. The number of rotatable bonds is 30. The molecule has 218 valence electrons. The molecular formula is C31H64O5. The molecule has 36 heavy (non-hydrogen) atoms. The second-order valence-electron chi connectivity index (χ2n) is 11.0. The number of unbranched alkanes of at least 4 members (excludes halogenated alkanes) is 18. The van der Waals surface area contributed by atoms with E-state index in [0.717, 1.165) is 25.7 Å². The fourth-order valence-corrected chi connectivity index (χ4v) is 4.63. The van der Waals surface area contributed by atoms with Gasteiger partial charge in [0.25, 0.3) is 0 Å². The topological polar surface area (TPSA) is 79.2 Å². The molecular weight excluding hydrogens is 452 g/mol. The Morgan fingerprint density at radius 2 is 0.611 bits per heavy atom. The van der Waals surface area contributed by atoms with Gasteiger partial charge in [-0.05, 0) is 12.8 Å². The van der Waals surface area contributed by atoms with E-state index in [-0.39, 0.29) is 26.4 Å². The van der Waals surface area contributed by atoms with Crippen LogP contribution in [0.2, 0.25) is 0 Å². The average molecular weight is 517 g/mol. The van der Waals surface area contributed by atoms with E-state index < -0.39 is 18.3 Å². The van der Waals surface area contributed by atoms with Gasteiger partial charge in [-0.3, -0.25) is 0 Å². The first-order chi connectivity index (χ1) is 17.6. The minimum Gasteiger partial charge on any atom is -0.391 e. The molecule has 5 nitrogen and oxygen atoms in total. The highest BCUT2D eigenvalue weighted by molar-refractivity contribution is 4.60. The quantitative estimate of drug-likeness (QED) is 0.0851. The molecule has 0 saturated heterocycles. The van der Waals surface area contributed by atoms with Gasteiger partial charge in [0.15, 0.2) is 0 Å². The highest BCUT2D eigenvalue weighted by atomic mass is 16.5. The van der Waals surface area contributed by atoms with Crippen LogP contribution in [0.25, 0.3) is 0 Å². The Kier molecular flexibility index (Phi) is 29.2. The lowest BCUT2D eigenvalue weighted by molar-refractivity contribution is -0.0540. The predicted octanol–water partition coefficient (Wildman–Crippen LogP) is 7.72. The van der Waals surface area contributed by atoms with E-state index >= 15 is 0 Å². The number of ether oxygens (including phenoxy) is 2. The summed E-state index contributed by atoms with van der Waals surface area (Å²) in [6.45, 7) is 5.34. The minimum absolute atomic E-state index is 0.156. The molecule has 0 aliphatic rings. The maximum Gasteiger partial charge on any atom is 0.101 e. The zero-order chi connectivity index (χ0) is 26.5. The summed E-state index contributed by atoms with van der Waals surface area (Å²) in [5.74, 6) is 0. The lowest BCUT2D eigenvalue weighted by atomic mass is 10.0. The lowest BCUT2D eigenvalue weighted by Crippen LogP contribution is -2.27. The van der Waals surface area contributed by atoms with Gasteiger partial charge in [0.1, 0.15) is 6.10 Å². The van der Waals surface area contributed by atoms with E-state index in [9.17, 15) is 15.3 Å².